The molecule has 3 aliphatic rings. The molecule has 0 aliphatic carbocycles. The van der Waals surface area contributed by atoms with Gasteiger partial charge in [-0.15, -0.1) is 0 Å². The summed E-state index contributed by atoms with van der Waals surface area (Å²) in [7, 11) is -2.16. The van der Waals surface area contributed by atoms with E-state index in [0.29, 0.717) is 80.8 Å². The molecule has 0 spiro atoms. The summed E-state index contributed by atoms with van der Waals surface area (Å²) >= 11 is 0. The summed E-state index contributed by atoms with van der Waals surface area (Å²) in [5.41, 5.74) is 9.54. The number of carboxylic acid groups (broad SMARTS) is 1. The second kappa shape index (κ2) is 36.7. The van der Waals surface area contributed by atoms with Crippen molar-refractivity contribution in [3.8, 4) is 17.2 Å². The fraction of sp³-hybridized carbons (Fsp3) is 0.375. The third-order valence-electron chi connectivity index (χ3n) is 16.8. The Morgan fingerprint density at radius 1 is 0.452 bits per heavy atom. The van der Waals surface area contributed by atoms with E-state index in [2.05, 4.69) is 25.6 Å². The molecule has 29 nitrogen and oxygen atoms in total. The zero-order valence-corrected chi connectivity index (χ0v) is 61.3. The molecule has 6 atom stereocenters. The summed E-state index contributed by atoms with van der Waals surface area (Å²) in [5, 5.41) is 18.0. The number of carboxylic acids is 1. The second-order valence-electron chi connectivity index (χ2n) is 25.4. The monoisotopic (exact) mass is 1490 g/mol. The Labute approximate surface area is 606 Å². The predicted molar refractivity (Wildman–Crippen MR) is 385 cm³/mol. The lowest BCUT2D eigenvalue weighted by atomic mass is 10.1. The summed E-state index contributed by atoms with van der Waals surface area (Å²) < 4.78 is 97.9. The van der Waals surface area contributed by atoms with Crippen molar-refractivity contribution in [2.45, 2.75) is 129 Å². The van der Waals surface area contributed by atoms with Gasteiger partial charge >= 0.3 is 24.2 Å². The molecule has 0 unspecified atom stereocenters. The van der Waals surface area contributed by atoms with Crippen molar-refractivity contribution in [2.24, 2.45) is 5.73 Å². The van der Waals surface area contributed by atoms with E-state index < -0.39 is 84.4 Å². The lowest BCUT2D eigenvalue weighted by Gasteiger charge is -2.25. The van der Waals surface area contributed by atoms with E-state index in [9.17, 15) is 63.9 Å². The highest BCUT2D eigenvalue weighted by Gasteiger charge is 2.43. The molecule has 3 fully saturated rings. The second-order valence-corrected chi connectivity index (χ2v) is 31.1. The Balaban J connectivity index is 0.000000218. The molecule has 104 heavy (non-hydrogen) atoms. The van der Waals surface area contributed by atoms with Gasteiger partial charge in [-0.1, -0.05) is 97.1 Å². The van der Waals surface area contributed by atoms with Crippen molar-refractivity contribution in [2.75, 3.05) is 61.9 Å². The number of ether oxygens (including phenoxy) is 3. The van der Waals surface area contributed by atoms with Crippen LogP contribution in [0.2, 0.25) is 0 Å². The average molecular weight is 1490 g/mol. The van der Waals surface area contributed by atoms with Crippen LogP contribution in [-0.4, -0.2) is 198 Å². The molecule has 0 aromatic heterocycles. The highest BCUT2D eigenvalue weighted by Crippen LogP contribution is 2.31. The van der Waals surface area contributed by atoms with Crippen LogP contribution in [0.25, 0.3) is 9.69 Å². The topological polar surface area (TPSA) is 360 Å². The lowest BCUT2D eigenvalue weighted by Crippen LogP contribution is -2.51. The third-order valence-corrected chi connectivity index (χ3v) is 22.6. The first-order valence-corrected chi connectivity index (χ1v) is 37.5. The van der Waals surface area contributed by atoms with Gasteiger partial charge in [0.1, 0.15) is 41.4 Å². The first kappa shape index (κ1) is 81.0. The van der Waals surface area contributed by atoms with Crippen LogP contribution in [0.1, 0.15) is 74.6 Å². The van der Waals surface area contributed by atoms with Crippen molar-refractivity contribution in [1.29, 1.82) is 0 Å². The van der Waals surface area contributed by atoms with Crippen LogP contribution < -0.4 is 35.9 Å². The maximum absolute atomic E-state index is 13.2. The fourth-order valence-electron chi connectivity index (χ4n) is 11.3. The molecule has 3 aliphatic heterocycles. The van der Waals surface area contributed by atoms with Gasteiger partial charge in [-0.05, 0) is 136 Å². The lowest BCUT2D eigenvalue weighted by molar-refractivity contribution is -0.142. The Hall–Kier alpha value is -10.3. The van der Waals surface area contributed by atoms with Gasteiger partial charge < -0.3 is 55.7 Å². The number of hydrogen-bond donors (Lipinski definition) is 5. The minimum Gasteiger partial charge on any atom is -0.480 e. The van der Waals surface area contributed by atoms with E-state index in [0.717, 1.165) is 21.0 Å². The first-order valence-electron chi connectivity index (χ1n) is 33.1. The molecule has 32 heteroatoms. The number of nitrogens with two attached hydrogens (primary N) is 1. The summed E-state index contributed by atoms with van der Waals surface area (Å²) in [6.07, 6.45) is 2.39. The quantitative estimate of drug-likeness (QED) is 0.0386. The predicted octanol–water partition coefficient (Wildman–Crippen LogP) is 7.57. The molecule has 9 rings (SSSR count). The fourth-order valence-corrected chi connectivity index (χ4v) is 16.3. The SMILES string of the molecule is C[C@H](Cc1ccc(OC(=O)N(C)C)cc1)NC(=O)[C@@H]1CCCN1S(=O)(=O)c1ccc(CN)cc1.[C-]#[N+]c1ccc(S(=O)(=O)N2CCC[C@H]2C(=O)N[C@@H](Cc2ccc(OC(=O)N(C)C)cc2)C(=O)O)cc1.[C-]#[N+]c1ccc(S(=O)(=O)N2CCC[C@H]2C(=O)N[C@H](C)Cc2ccc(OC(=O)N(C)C)cc2)cc1. The summed E-state index contributed by atoms with van der Waals surface area (Å²) in [4.78, 5) is 96.4. The Bertz CT molecular complexity index is 4440. The number of nitrogens with one attached hydrogen (secondary N) is 3. The van der Waals surface area contributed by atoms with Crippen LogP contribution >= 0.6 is 0 Å². The number of carbonyl (C=O) groups is 7. The minimum absolute atomic E-state index is 0.0422. The van der Waals surface area contributed by atoms with E-state index in [1.165, 1.54) is 96.1 Å². The summed E-state index contributed by atoms with van der Waals surface area (Å²) in [6, 6.07) is 33.5. The molecule has 0 saturated carbocycles. The van der Waals surface area contributed by atoms with Gasteiger partial charge in [0.25, 0.3) is 0 Å². The molecule has 554 valence electrons. The maximum atomic E-state index is 13.2. The van der Waals surface area contributed by atoms with Crippen LogP contribution in [0.4, 0.5) is 25.8 Å². The maximum Gasteiger partial charge on any atom is 0.414 e. The number of carbonyl (C=O) groups excluding carboxylic acids is 6. The number of sulfonamides is 3. The molecule has 6 aromatic carbocycles. The van der Waals surface area contributed by atoms with E-state index in [4.69, 9.17) is 33.1 Å². The van der Waals surface area contributed by atoms with E-state index in [1.807, 2.05) is 38.1 Å². The van der Waals surface area contributed by atoms with Crippen LogP contribution in [0.5, 0.6) is 17.2 Å². The molecular formula is C72H86N12O17S3. The number of amides is 6. The van der Waals surface area contributed by atoms with Crippen molar-refractivity contribution in [3.63, 3.8) is 0 Å². The Morgan fingerprint density at radius 2 is 0.721 bits per heavy atom. The molecule has 6 aromatic rings. The number of rotatable bonds is 23. The smallest absolute Gasteiger partial charge is 0.414 e. The standard InChI is InChI=1S/C24H26N4O7S.C24H28N4O5S.C24H32N4O5S/c1-25-17-8-12-19(13-9-17)36(33,34)28-14-4-5-21(28)22(29)26-20(23(30)31)15-16-6-10-18(11-7-16)35-24(32)27(2)3;1-17(16-18-7-11-20(12-8-18)33-24(30)27(3)4)26-23(29)22-6-5-15-28(22)34(31,32)21-13-9-19(25-2)10-14-21;1-17(15-18-6-10-20(11-7-18)33-24(30)27(2)3)26-23(29)22-5-4-14-28(22)34(31,32)21-12-8-19(16-25)9-13-21/h6-13,20-21H,4-5,14-15H2,2-3H3,(H,26,29)(H,30,31);7-14,17,22H,5-6,15-16H2,1,3-4H3,(H,26,29);6-13,17,22H,4-5,14-16,25H2,1-3H3,(H,26,29)/t20-,21-;2*17-,22+/m011/s1. The molecule has 6 N–H and O–H groups in total. The van der Waals surface area contributed by atoms with Gasteiger partial charge in [0, 0.05) is 87.0 Å². The van der Waals surface area contributed by atoms with Crippen molar-refractivity contribution in [3.05, 3.63) is 191 Å². The van der Waals surface area contributed by atoms with E-state index in [-0.39, 0.29) is 76.0 Å². The highest BCUT2D eigenvalue weighted by molar-refractivity contribution is 7.89. The minimum atomic E-state index is -4.02. The molecule has 0 bridgehead atoms. The van der Waals surface area contributed by atoms with E-state index in [1.54, 1.807) is 90.8 Å². The Kier molecular flexibility index (Phi) is 28.6. The number of hydrogen-bond acceptors (Lipinski definition) is 17. The molecule has 6 amide bonds. The van der Waals surface area contributed by atoms with Gasteiger partial charge in [0.2, 0.25) is 47.8 Å². The molecular weight excluding hydrogens is 1400 g/mol. The van der Waals surface area contributed by atoms with Crippen LogP contribution in [0.15, 0.2) is 160 Å². The number of benzene rings is 6. The largest absolute Gasteiger partial charge is 0.480 e. The van der Waals surface area contributed by atoms with Gasteiger partial charge in [0.05, 0.1) is 27.8 Å². The number of aliphatic carboxylic acids is 1. The van der Waals surface area contributed by atoms with Crippen LogP contribution in [0.3, 0.4) is 0 Å². The van der Waals surface area contributed by atoms with Gasteiger partial charge in [0.15, 0.2) is 11.4 Å². The zero-order chi connectivity index (χ0) is 76.2. The summed E-state index contributed by atoms with van der Waals surface area (Å²) in [6.45, 7) is 18.8. The zero-order valence-electron chi connectivity index (χ0n) is 58.9. The molecule has 3 heterocycles. The van der Waals surface area contributed by atoms with Crippen molar-refractivity contribution >= 4 is 83.4 Å². The Morgan fingerprint density at radius 3 is 0.990 bits per heavy atom. The van der Waals surface area contributed by atoms with Gasteiger partial charge in [-0.25, -0.2) is 54.1 Å². The first-order chi connectivity index (χ1) is 49.2. The van der Waals surface area contributed by atoms with Gasteiger partial charge in [-0.3, -0.25) is 14.4 Å². The third kappa shape index (κ3) is 21.9. The molecule has 0 radical (unpaired) electrons. The van der Waals surface area contributed by atoms with Crippen LogP contribution in [-0.2, 0) is 75.1 Å². The highest BCUT2D eigenvalue weighted by atomic mass is 32.2. The van der Waals surface area contributed by atoms with Crippen molar-refractivity contribution in [1.82, 2.24) is 43.6 Å². The normalized spacial score (nSPS) is 16.9. The van der Waals surface area contributed by atoms with Gasteiger partial charge in [-0.2, -0.15) is 12.9 Å². The molecule has 3 saturated heterocycles. The van der Waals surface area contributed by atoms with E-state index >= 15 is 0 Å². The number of nitrogens with zero attached hydrogens (tertiary/aromatic N) is 8. The summed E-state index contributed by atoms with van der Waals surface area (Å²) in [5.74, 6) is -1.46. The average Bonchev–Trinajstić information content (AvgIpc) is 1.56. The van der Waals surface area contributed by atoms with Crippen molar-refractivity contribution < 1.29 is 78.1 Å². The van der Waals surface area contributed by atoms with Crippen LogP contribution in [0, 0.1) is 13.1 Å².